The summed E-state index contributed by atoms with van der Waals surface area (Å²) >= 11 is 0. The highest BCUT2D eigenvalue weighted by atomic mass is 32.2. The quantitative estimate of drug-likeness (QED) is 0.693. The van der Waals surface area contributed by atoms with Crippen molar-refractivity contribution in [3.05, 3.63) is 29.8 Å². The Morgan fingerprint density at radius 2 is 1.77 bits per heavy atom. The predicted octanol–water partition coefficient (Wildman–Crippen LogP) is 2.27. The van der Waals surface area contributed by atoms with Gasteiger partial charge in [0.25, 0.3) is 5.91 Å². The molecule has 0 N–H and O–H groups in total. The molecule has 0 unspecified atom stereocenters. The second-order valence-corrected chi connectivity index (χ2v) is 9.14. The van der Waals surface area contributed by atoms with Gasteiger partial charge in [-0.2, -0.15) is 4.31 Å². The molecule has 0 bridgehead atoms. The lowest BCUT2D eigenvalue weighted by Gasteiger charge is -2.26. The number of hydrogen-bond acceptors (Lipinski definition) is 4. The Morgan fingerprint density at radius 3 is 2.38 bits per heavy atom. The summed E-state index contributed by atoms with van der Waals surface area (Å²) in [6, 6.07) is 6.87. The highest BCUT2D eigenvalue weighted by Gasteiger charge is 2.24. The highest BCUT2D eigenvalue weighted by Crippen LogP contribution is 2.22. The van der Waals surface area contributed by atoms with Crippen molar-refractivity contribution in [3.63, 3.8) is 0 Å². The first kappa shape index (κ1) is 20.9. The number of hydrogen-bond donors (Lipinski definition) is 0. The van der Waals surface area contributed by atoms with Gasteiger partial charge >= 0.3 is 0 Å². The fourth-order valence-electron chi connectivity index (χ4n) is 3.28. The van der Waals surface area contributed by atoms with Gasteiger partial charge in [-0.15, -0.1) is 0 Å². The van der Waals surface area contributed by atoms with Gasteiger partial charge in [-0.3, -0.25) is 4.79 Å². The third-order valence-corrected chi connectivity index (χ3v) is 7.18. The van der Waals surface area contributed by atoms with Crippen molar-refractivity contribution in [2.24, 2.45) is 0 Å². The lowest BCUT2D eigenvalue weighted by molar-refractivity contribution is 0.0802. The maximum atomic E-state index is 12.9. The monoisotopic (exact) mass is 381 g/mol. The molecule has 146 valence electrons. The second kappa shape index (κ2) is 8.97. The smallest absolute Gasteiger partial charge is 0.253 e. The van der Waals surface area contributed by atoms with Crippen LogP contribution in [-0.2, 0) is 10.0 Å². The zero-order chi connectivity index (χ0) is 19.3. The molecule has 0 radical (unpaired) electrons. The predicted molar refractivity (Wildman–Crippen MR) is 104 cm³/mol. The third kappa shape index (κ3) is 4.84. The average Bonchev–Trinajstić information content (AvgIpc) is 3.19. The van der Waals surface area contributed by atoms with Crippen LogP contribution < -0.4 is 0 Å². The minimum absolute atomic E-state index is 0.166. The normalized spacial score (nSPS) is 15.8. The molecule has 1 aromatic rings. The average molecular weight is 382 g/mol. The Bertz CT molecular complexity index is 714. The van der Waals surface area contributed by atoms with Crippen LogP contribution in [0, 0.1) is 0 Å². The molecule has 0 heterocycles. The van der Waals surface area contributed by atoms with Gasteiger partial charge in [0.2, 0.25) is 10.0 Å². The van der Waals surface area contributed by atoms with Crippen LogP contribution in [0.25, 0.3) is 0 Å². The van der Waals surface area contributed by atoms with Crippen molar-refractivity contribution >= 4 is 15.9 Å². The summed E-state index contributed by atoms with van der Waals surface area (Å²) in [4.78, 5) is 16.3. The van der Waals surface area contributed by atoms with Crippen molar-refractivity contribution in [1.82, 2.24) is 14.1 Å². The Balaban J connectivity index is 2.07. The number of rotatable bonds is 8. The molecular weight excluding hydrogens is 350 g/mol. The SMILES string of the molecule is CCN(C)C(=O)c1cccc(S(=O)(=O)N(C)CCN(C)C2CCCC2)c1. The fraction of sp³-hybridized carbons (Fsp3) is 0.632. The zero-order valence-electron chi connectivity index (χ0n) is 16.3. The molecule has 1 amide bonds. The van der Waals surface area contributed by atoms with Crippen LogP contribution in [0.4, 0.5) is 0 Å². The van der Waals surface area contributed by atoms with E-state index in [0.29, 0.717) is 31.2 Å². The van der Waals surface area contributed by atoms with E-state index in [1.807, 2.05) is 6.92 Å². The van der Waals surface area contributed by atoms with Crippen molar-refractivity contribution in [2.75, 3.05) is 40.8 Å². The number of carbonyl (C=O) groups is 1. The van der Waals surface area contributed by atoms with Crippen LogP contribution in [0.5, 0.6) is 0 Å². The Morgan fingerprint density at radius 1 is 1.12 bits per heavy atom. The van der Waals surface area contributed by atoms with Gasteiger partial charge in [0.15, 0.2) is 0 Å². The molecule has 1 saturated carbocycles. The maximum absolute atomic E-state index is 12.9. The minimum Gasteiger partial charge on any atom is -0.342 e. The molecule has 7 heteroatoms. The number of nitrogens with zero attached hydrogens (tertiary/aromatic N) is 3. The molecule has 2 rings (SSSR count). The Hall–Kier alpha value is -1.44. The molecule has 0 atom stereocenters. The van der Waals surface area contributed by atoms with E-state index in [4.69, 9.17) is 0 Å². The summed E-state index contributed by atoms with van der Waals surface area (Å²) in [7, 11) is 1.76. The first-order valence-electron chi connectivity index (χ1n) is 9.29. The molecule has 0 aliphatic heterocycles. The summed E-state index contributed by atoms with van der Waals surface area (Å²) in [6.45, 7) is 3.59. The number of sulfonamides is 1. The van der Waals surface area contributed by atoms with Crippen molar-refractivity contribution < 1.29 is 13.2 Å². The van der Waals surface area contributed by atoms with Crippen LogP contribution in [0.1, 0.15) is 43.0 Å². The van der Waals surface area contributed by atoms with E-state index in [1.54, 1.807) is 37.2 Å². The molecule has 0 saturated heterocycles. The number of amides is 1. The lowest BCUT2D eigenvalue weighted by Crippen LogP contribution is -2.38. The van der Waals surface area contributed by atoms with E-state index < -0.39 is 10.0 Å². The van der Waals surface area contributed by atoms with Gasteiger partial charge in [-0.05, 0) is 45.0 Å². The Kier molecular flexibility index (Phi) is 7.20. The summed E-state index contributed by atoms with van der Waals surface area (Å²) < 4.78 is 27.1. The minimum atomic E-state index is -3.61. The van der Waals surface area contributed by atoms with E-state index >= 15 is 0 Å². The van der Waals surface area contributed by atoms with E-state index in [9.17, 15) is 13.2 Å². The molecule has 0 aromatic heterocycles. The number of likely N-dealkylation sites (N-methyl/N-ethyl adjacent to an activating group) is 2. The first-order chi connectivity index (χ1) is 12.3. The van der Waals surface area contributed by atoms with E-state index in [2.05, 4.69) is 11.9 Å². The summed E-state index contributed by atoms with van der Waals surface area (Å²) in [6.07, 6.45) is 4.91. The highest BCUT2D eigenvalue weighted by molar-refractivity contribution is 7.89. The molecule has 1 fully saturated rings. The summed E-state index contributed by atoms with van der Waals surface area (Å²) in [5.41, 5.74) is 0.395. The molecule has 1 aromatic carbocycles. The lowest BCUT2D eigenvalue weighted by atomic mass is 10.2. The van der Waals surface area contributed by atoms with Crippen LogP contribution in [-0.4, -0.2) is 75.2 Å². The van der Waals surface area contributed by atoms with Gasteiger partial charge in [0.05, 0.1) is 4.90 Å². The summed E-state index contributed by atoms with van der Waals surface area (Å²) in [5.74, 6) is -0.173. The van der Waals surface area contributed by atoms with Gasteiger partial charge in [0, 0.05) is 45.3 Å². The fourth-order valence-corrected chi connectivity index (χ4v) is 4.49. The van der Waals surface area contributed by atoms with Crippen molar-refractivity contribution in [2.45, 2.75) is 43.5 Å². The van der Waals surface area contributed by atoms with Gasteiger partial charge in [0.1, 0.15) is 0 Å². The third-order valence-electron chi connectivity index (χ3n) is 5.33. The van der Waals surface area contributed by atoms with E-state index in [-0.39, 0.29) is 10.8 Å². The molecule has 1 aliphatic carbocycles. The largest absolute Gasteiger partial charge is 0.342 e. The van der Waals surface area contributed by atoms with Crippen LogP contribution in [0.15, 0.2) is 29.2 Å². The molecule has 1 aliphatic rings. The number of benzene rings is 1. The van der Waals surface area contributed by atoms with Crippen LogP contribution >= 0.6 is 0 Å². The summed E-state index contributed by atoms with van der Waals surface area (Å²) in [5, 5.41) is 0. The molecule has 26 heavy (non-hydrogen) atoms. The zero-order valence-corrected chi connectivity index (χ0v) is 17.1. The van der Waals surface area contributed by atoms with E-state index in [1.165, 1.54) is 36.1 Å². The standard InChI is InChI=1S/C19H31N3O3S/c1-5-20(2)19(23)16-9-8-12-18(15-16)26(24,25)22(4)14-13-21(3)17-10-6-7-11-17/h8-9,12,15,17H,5-7,10-11,13-14H2,1-4H3. The van der Waals surface area contributed by atoms with Crippen molar-refractivity contribution in [3.8, 4) is 0 Å². The topological polar surface area (TPSA) is 60.9 Å². The molecule has 0 spiro atoms. The Labute approximate surface area is 157 Å². The second-order valence-electron chi connectivity index (χ2n) is 7.09. The van der Waals surface area contributed by atoms with Crippen molar-refractivity contribution in [1.29, 1.82) is 0 Å². The molecular formula is C19H31N3O3S. The van der Waals surface area contributed by atoms with Gasteiger partial charge in [-0.25, -0.2) is 8.42 Å². The molecule has 6 nitrogen and oxygen atoms in total. The first-order valence-corrected chi connectivity index (χ1v) is 10.7. The number of carbonyl (C=O) groups excluding carboxylic acids is 1. The maximum Gasteiger partial charge on any atom is 0.253 e. The van der Waals surface area contributed by atoms with Gasteiger partial charge in [-0.1, -0.05) is 18.9 Å². The van der Waals surface area contributed by atoms with Crippen LogP contribution in [0.2, 0.25) is 0 Å². The van der Waals surface area contributed by atoms with Gasteiger partial charge < -0.3 is 9.80 Å². The van der Waals surface area contributed by atoms with E-state index in [0.717, 1.165) is 0 Å². The van der Waals surface area contributed by atoms with Crippen LogP contribution in [0.3, 0.4) is 0 Å².